The first-order valence-electron chi connectivity index (χ1n) is 7.52. The van der Waals surface area contributed by atoms with Crippen molar-refractivity contribution in [2.75, 3.05) is 5.32 Å². The Labute approximate surface area is 127 Å². The maximum Gasteiger partial charge on any atom is 0.306 e. The van der Waals surface area contributed by atoms with Gasteiger partial charge in [0, 0.05) is 11.3 Å². The monoisotopic (exact) mass is 301 g/mol. The van der Waals surface area contributed by atoms with Gasteiger partial charge in [0.25, 0.3) is 0 Å². The zero-order valence-corrected chi connectivity index (χ0v) is 12.4. The summed E-state index contributed by atoms with van der Waals surface area (Å²) >= 11 is 0. The number of nitrogens with one attached hydrogen (secondary N) is 2. The second kappa shape index (κ2) is 5.79. The topological polar surface area (TPSA) is 95.1 Å². The standard InChI is InChI=1S/C16H19N3O3/c1-9-2-7-13(14-12(9)8-17-19-14)18-15(20)10-3-5-11(6-4-10)16(21)22/h2,7-8,10-11H,3-6H2,1H3,(H,17,19)(H,18,20)(H,21,22). The van der Waals surface area contributed by atoms with E-state index in [0.717, 1.165) is 22.2 Å². The minimum absolute atomic E-state index is 0.0383. The number of hydrogen-bond acceptors (Lipinski definition) is 3. The molecule has 0 spiro atoms. The second-order valence-corrected chi connectivity index (χ2v) is 5.96. The lowest BCUT2D eigenvalue weighted by atomic mass is 9.81. The summed E-state index contributed by atoms with van der Waals surface area (Å²) in [6.07, 6.45) is 4.14. The number of carboxylic acid groups (broad SMARTS) is 1. The Morgan fingerprint density at radius 2 is 1.91 bits per heavy atom. The van der Waals surface area contributed by atoms with Gasteiger partial charge in [-0.15, -0.1) is 0 Å². The molecule has 6 nitrogen and oxygen atoms in total. The van der Waals surface area contributed by atoms with E-state index in [9.17, 15) is 9.59 Å². The van der Waals surface area contributed by atoms with Crippen LogP contribution < -0.4 is 5.32 Å². The minimum Gasteiger partial charge on any atom is -0.481 e. The van der Waals surface area contributed by atoms with Crippen molar-refractivity contribution in [1.29, 1.82) is 0 Å². The van der Waals surface area contributed by atoms with Gasteiger partial charge in [0.15, 0.2) is 0 Å². The molecular weight excluding hydrogens is 282 g/mol. The first kappa shape index (κ1) is 14.6. The fraction of sp³-hybridized carbons (Fsp3) is 0.438. The molecule has 1 aliphatic carbocycles. The van der Waals surface area contributed by atoms with Gasteiger partial charge in [0.1, 0.15) is 0 Å². The number of aryl methyl sites for hydroxylation is 1. The Morgan fingerprint density at radius 3 is 2.59 bits per heavy atom. The largest absolute Gasteiger partial charge is 0.481 e. The maximum atomic E-state index is 12.4. The highest BCUT2D eigenvalue weighted by molar-refractivity contribution is 6.01. The summed E-state index contributed by atoms with van der Waals surface area (Å²) in [5.41, 5.74) is 2.65. The number of rotatable bonds is 3. The highest BCUT2D eigenvalue weighted by Crippen LogP contribution is 2.31. The molecule has 1 aromatic carbocycles. The van der Waals surface area contributed by atoms with E-state index in [2.05, 4.69) is 15.5 Å². The fourth-order valence-corrected chi connectivity index (χ4v) is 3.11. The van der Waals surface area contributed by atoms with Gasteiger partial charge < -0.3 is 10.4 Å². The van der Waals surface area contributed by atoms with Crippen LogP contribution in [0.4, 0.5) is 5.69 Å². The molecule has 3 rings (SSSR count). The molecule has 0 radical (unpaired) electrons. The van der Waals surface area contributed by atoms with Crippen molar-refractivity contribution in [2.24, 2.45) is 11.8 Å². The molecule has 0 saturated heterocycles. The molecule has 0 atom stereocenters. The van der Waals surface area contributed by atoms with Gasteiger partial charge in [-0.2, -0.15) is 5.10 Å². The van der Waals surface area contributed by atoms with Gasteiger partial charge >= 0.3 is 5.97 Å². The van der Waals surface area contributed by atoms with E-state index in [1.54, 1.807) is 6.20 Å². The Morgan fingerprint density at radius 1 is 1.23 bits per heavy atom. The molecule has 1 aliphatic rings. The summed E-state index contributed by atoms with van der Waals surface area (Å²) in [6, 6.07) is 3.82. The number of aromatic amines is 1. The molecule has 22 heavy (non-hydrogen) atoms. The molecule has 0 aliphatic heterocycles. The molecule has 2 aromatic rings. The van der Waals surface area contributed by atoms with E-state index >= 15 is 0 Å². The van der Waals surface area contributed by atoms with E-state index in [1.165, 1.54) is 0 Å². The van der Waals surface area contributed by atoms with E-state index in [1.807, 2.05) is 19.1 Å². The van der Waals surface area contributed by atoms with Gasteiger partial charge in [-0.25, -0.2) is 0 Å². The van der Waals surface area contributed by atoms with Gasteiger partial charge in [0.05, 0.1) is 23.3 Å². The average Bonchev–Trinajstić information content (AvgIpc) is 3.01. The fourth-order valence-electron chi connectivity index (χ4n) is 3.11. The average molecular weight is 301 g/mol. The van der Waals surface area contributed by atoms with E-state index in [0.29, 0.717) is 25.7 Å². The molecule has 1 heterocycles. The predicted molar refractivity (Wildman–Crippen MR) is 82.5 cm³/mol. The smallest absolute Gasteiger partial charge is 0.306 e. The molecule has 116 valence electrons. The second-order valence-electron chi connectivity index (χ2n) is 5.96. The molecule has 1 fully saturated rings. The number of nitrogens with zero attached hydrogens (tertiary/aromatic N) is 1. The van der Waals surface area contributed by atoms with Crippen LogP contribution in [-0.4, -0.2) is 27.2 Å². The summed E-state index contributed by atoms with van der Waals surface area (Å²) in [5.74, 6) is -1.21. The Kier molecular flexibility index (Phi) is 3.83. The normalized spacial score (nSPS) is 21.7. The van der Waals surface area contributed by atoms with Gasteiger partial charge in [0.2, 0.25) is 5.91 Å². The van der Waals surface area contributed by atoms with Gasteiger partial charge in [-0.05, 0) is 44.2 Å². The Hall–Kier alpha value is -2.37. The summed E-state index contributed by atoms with van der Waals surface area (Å²) in [4.78, 5) is 23.4. The van der Waals surface area contributed by atoms with Crippen LogP contribution in [0.15, 0.2) is 18.3 Å². The predicted octanol–water partition coefficient (Wildman–Crippen LogP) is 2.70. The van der Waals surface area contributed by atoms with E-state index in [-0.39, 0.29) is 17.7 Å². The minimum atomic E-state index is -0.753. The van der Waals surface area contributed by atoms with Crippen LogP contribution in [-0.2, 0) is 9.59 Å². The number of carbonyl (C=O) groups is 2. The van der Waals surface area contributed by atoms with Crippen molar-refractivity contribution in [3.63, 3.8) is 0 Å². The number of carboxylic acids is 1. The zero-order chi connectivity index (χ0) is 15.7. The maximum absolute atomic E-state index is 12.4. The first-order chi connectivity index (χ1) is 10.6. The number of anilines is 1. The molecule has 3 N–H and O–H groups in total. The lowest BCUT2D eigenvalue weighted by molar-refractivity contribution is -0.143. The van der Waals surface area contributed by atoms with Gasteiger partial charge in [-0.3, -0.25) is 14.7 Å². The first-order valence-corrected chi connectivity index (χ1v) is 7.52. The quantitative estimate of drug-likeness (QED) is 0.812. The van der Waals surface area contributed by atoms with Crippen LogP contribution >= 0.6 is 0 Å². The summed E-state index contributed by atoms with van der Waals surface area (Å²) in [5, 5.41) is 19.9. The number of aromatic nitrogens is 2. The number of fused-ring (bicyclic) bond motifs is 1. The molecule has 1 aromatic heterocycles. The van der Waals surface area contributed by atoms with Crippen LogP contribution in [0.2, 0.25) is 0 Å². The summed E-state index contributed by atoms with van der Waals surface area (Å²) in [7, 11) is 0. The number of benzene rings is 1. The molecule has 0 unspecified atom stereocenters. The highest BCUT2D eigenvalue weighted by Gasteiger charge is 2.29. The molecule has 6 heteroatoms. The highest BCUT2D eigenvalue weighted by atomic mass is 16.4. The third kappa shape index (κ3) is 2.68. The number of aliphatic carboxylic acids is 1. The lowest BCUT2D eigenvalue weighted by Crippen LogP contribution is -2.29. The third-order valence-corrected chi connectivity index (χ3v) is 4.54. The Balaban J connectivity index is 1.70. The zero-order valence-electron chi connectivity index (χ0n) is 12.4. The molecule has 1 saturated carbocycles. The van der Waals surface area contributed by atoms with Crippen molar-refractivity contribution in [2.45, 2.75) is 32.6 Å². The van der Waals surface area contributed by atoms with Crippen molar-refractivity contribution in [3.8, 4) is 0 Å². The summed E-state index contributed by atoms with van der Waals surface area (Å²) in [6.45, 7) is 2.00. The van der Waals surface area contributed by atoms with Crippen LogP contribution in [0.25, 0.3) is 10.9 Å². The van der Waals surface area contributed by atoms with Crippen molar-refractivity contribution >= 4 is 28.5 Å². The van der Waals surface area contributed by atoms with Crippen molar-refractivity contribution in [3.05, 3.63) is 23.9 Å². The van der Waals surface area contributed by atoms with Crippen LogP contribution in [0.3, 0.4) is 0 Å². The SMILES string of the molecule is Cc1ccc(NC(=O)C2CCC(C(=O)O)CC2)c2[nH]ncc12. The summed E-state index contributed by atoms with van der Waals surface area (Å²) < 4.78 is 0. The van der Waals surface area contributed by atoms with Crippen LogP contribution in [0.1, 0.15) is 31.2 Å². The Bertz CT molecular complexity index is 714. The van der Waals surface area contributed by atoms with Crippen LogP contribution in [0.5, 0.6) is 0 Å². The molecular formula is C16H19N3O3. The van der Waals surface area contributed by atoms with E-state index < -0.39 is 5.97 Å². The van der Waals surface area contributed by atoms with Crippen molar-refractivity contribution < 1.29 is 14.7 Å². The van der Waals surface area contributed by atoms with Crippen LogP contribution in [0, 0.1) is 18.8 Å². The third-order valence-electron chi connectivity index (χ3n) is 4.54. The molecule has 1 amide bonds. The molecule has 0 bridgehead atoms. The number of carbonyl (C=O) groups excluding carboxylic acids is 1. The van der Waals surface area contributed by atoms with E-state index in [4.69, 9.17) is 5.11 Å². The van der Waals surface area contributed by atoms with Crippen molar-refractivity contribution in [1.82, 2.24) is 10.2 Å². The van der Waals surface area contributed by atoms with Gasteiger partial charge in [-0.1, -0.05) is 6.07 Å². The number of amides is 1. The lowest BCUT2D eigenvalue weighted by Gasteiger charge is -2.25. The number of hydrogen-bond donors (Lipinski definition) is 3. The number of H-pyrrole nitrogens is 1.